The van der Waals surface area contributed by atoms with Gasteiger partial charge in [0, 0.05) is 49.7 Å². The first-order valence-electron chi connectivity index (χ1n) is 16.8. The largest absolute Gasteiger partial charge is 0.433 e. The third kappa shape index (κ3) is 7.74. The van der Waals surface area contributed by atoms with Gasteiger partial charge in [-0.2, -0.15) is 37.2 Å². The van der Waals surface area contributed by atoms with Gasteiger partial charge in [0.1, 0.15) is 11.7 Å². The number of amides is 2. The average molecular weight is 780 g/mol. The van der Waals surface area contributed by atoms with Crippen molar-refractivity contribution in [3.05, 3.63) is 88.1 Å². The van der Waals surface area contributed by atoms with Crippen LogP contribution >= 0.6 is 11.6 Å². The van der Waals surface area contributed by atoms with E-state index >= 15 is 0 Å². The number of nitrogens with one attached hydrogen (secondary N) is 2. The number of nitrogens with zero attached hydrogens (tertiary/aromatic N) is 7. The van der Waals surface area contributed by atoms with Crippen molar-refractivity contribution in [2.75, 3.05) is 5.88 Å². The molecule has 4 aromatic heterocycles. The van der Waals surface area contributed by atoms with Crippen LogP contribution < -0.4 is 16.2 Å². The van der Waals surface area contributed by atoms with Crippen molar-refractivity contribution in [2.24, 2.45) is 19.5 Å². The summed E-state index contributed by atoms with van der Waals surface area (Å²) in [6.45, 7) is -0.630. The molecule has 288 valence electrons. The number of alkyl halides is 6. The fraction of sp³-hybridized carbons (Fsp3) is 0.429. The molecule has 4 heterocycles. The molecule has 0 saturated heterocycles. The molecular weight excluding hydrogens is 744 g/mol. The Hall–Kier alpha value is -5.13. The van der Waals surface area contributed by atoms with Gasteiger partial charge in [-0.15, -0.1) is 11.6 Å². The second-order valence-corrected chi connectivity index (χ2v) is 14.6. The van der Waals surface area contributed by atoms with Crippen LogP contribution in [0.2, 0.25) is 0 Å². The number of carbonyl (C=O) groups excluding carboxylic acids is 2. The summed E-state index contributed by atoms with van der Waals surface area (Å²) in [5.74, 6) is -2.63. The standard InChI is InChI=1S/C35H36ClF6N9O3/c1-33(2,18-51-28(35(40,41)42)12-25(47-51)22-10-24(37)30(53)48(3)17-22)46-29(52)26(9-19-14-44-50(16-19)32(38)39)45-31(54)34(7-8-36)13-23(34)20-5-6-21-15-43-49(4)27(21)11-20/h5-6,10-12,14-17,23,26,32H,7-9,13,18H2,1-4H3,(H,45,54)(H,46,52)/t23-,26+,34+/m0/s1. The molecule has 54 heavy (non-hydrogen) atoms. The van der Waals surface area contributed by atoms with Crippen LogP contribution in [-0.4, -0.2) is 63.2 Å². The Morgan fingerprint density at radius 3 is 2.46 bits per heavy atom. The number of halogens is 7. The van der Waals surface area contributed by atoms with Gasteiger partial charge in [-0.25, -0.2) is 9.07 Å². The molecule has 0 unspecified atom stereocenters. The zero-order chi connectivity index (χ0) is 39.3. The predicted molar refractivity (Wildman–Crippen MR) is 185 cm³/mol. The summed E-state index contributed by atoms with van der Waals surface area (Å²) in [4.78, 5) is 39.9. The number of carbonyl (C=O) groups is 2. The van der Waals surface area contributed by atoms with Gasteiger partial charge >= 0.3 is 12.7 Å². The molecule has 1 fully saturated rings. The van der Waals surface area contributed by atoms with Gasteiger partial charge in [-0.3, -0.25) is 23.7 Å². The van der Waals surface area contributed by atoms with Crippen LogP contribution in [0.3, 0.4) is 0 Å². The van der Waals surface area contributed by atoms with E-state index in [2.05, 4.69) is 25.9 Å². The van der Waals surface area contributed by atoms with E-state index in [0.717, 1.165) is 45.7 Å². The second kappa shape index (κ2) is 14.3. The number of hydrogen-bond donors (Lipinski definition) is 2. The lowest BCUT2D eigenvalue weighted by atomic mass is 9.93. The van der Waals surface area contributed by atoms with Gasteiger partial charge in [0.25, 0.3) is 5.56 Å². The summed E-state index contributed by atoms with van der Waals surface area (Å²) in [6, 6.07) is 5.84. The highest BCUT2D eigenvalue weighted by Gasteiger charge is 2.60. The molecule has 0 bridgehead atoms. The Labute approximate surface area is 309 Å². The van der Waals surface area contributed by atoms with Crippen molar-refractivity contribution in [3.63, 3.8) is 0 Å². The summed E-state index contributed by atoms with van der Waals surface area (Å²) in [6.07, 6.45) is 0.514. The average Bonchev–Trinajstić information content (AvgIpc) is 3.38. The summed E-state index contributed by atoms with van der Waals surface area (Å²) < 4.78 is 87.2. The summed E-state index contributed by atoms with van der Waals surface area (Å²) in [5.41, 5.74) is -3.08. The maximum atomic E-state index is 14.2. The van der Waals surface area contributed by atoms with E-state index in [1.165, 1.54) is 20.9 Å². The van der Waals surface area contributed by atoms with Crippen molar-refractivity contribution in [1.82, 2.24) is 44.5 Å². The normalized spacial score (nSPS) is 18.0. The minimum atomic E-state index is -4.91. The van der Waals surface area contributed by atoms with Crippen LogP contribution in [0.15, 0.2) is 59.9 Å². The molecule has 1 aliphatic rings. The SMILES string of the molecule is Cn1cc(-c2cc(C(F)(F)F)n(CC(C)(C)NC(=O)[C@@H](Cc3cnn(C(F)F)c3)NC(=O)[C@]3(CCCl)C[C@H]3c3ccc4cnn(C)c4c3)n2)cc(F)c1=O. The van der Waals surface area contributed by atoms with Gasteiger partial charge in [0.2, 0.25) is 11.8 Å². The molecule has 0 aliphatic heterocycles. The Bertz CT molecular complexity index is 2250. The fourth-order valence-corrected chi connectivity index (χ4v) is 7.16. The van der Waals surface area contributed by atoms with Crippen LogP contribution in [0.5, 0.6) is 0 Å². The highest BCUT2D eigenvalue weighted by molar-refractivity contribution is 6.18. The second-order valence-electron chi connectivity index (χ2n) is 14.2. The van der Waals surface area contributed by atoms with Gasteiger partial charge in [0.05, 0.1) is 41.1 Å². The number of hydrogen-bond acceptors (Lipinski definition) is 6. The highest BCUT2D eigenvalue weighted by atomic mass is 35.5. The third-order valence-electron chi connectivity index (χ3n) is 9.67. The lowest BCUT2D eigenvalue weighted by molar-refractivity contribution is -0.144. The van der Waals surface area contributed by atoms with E-state index in [1.807, 2.05) is 18.2 Å². The van der Waals surface area contributed by atoms with E-state index in [1.54, 1.807) is 17.9 Å². The van der Waals surface area contributed by atoms with Crippen molar-refractivity contribution in [2.45, 2.75) is 69.9 Å². The molecule has 12 nitrogen and oxygen atoms in total. The molecule has 1 saturated carbocycles. The molecule has 2 N–H and O–H groups in total. The van der Waals surface area contributed by atoms with Crippen LogP contribution in [0.1, 0.15) is 56.0 Å². The molecule has 1 aliphatic carbocycles. The number of fused-ring (bicyclic) bond motifs is 1. The number of pyridine rings is 1. The molecule has 19 heteroatoms. The molecule has 2 amide bonds. The number of benzene rings is 1. The van der Waals surface area contributed by atoms with Crippen molar-refractivity contribution in [1.29, 1.82) is 0 Å². The topological polar surface area (TPSA) is 134 Å². The molecule has 5 aromatic rings. The van der Waals surface area contributed by atoms with Crippen molar-refractivity contribution < 1.29 is 35.9 Å². The Balaban J connectivity index is 1.26. The fourth-order valence-electron chi connectivity index (χ4n) is 6.82. The van der Waals surface area contributed by atoms with Crippen molar-refractivity contribution in [3.8, 4) is 11.3 Å². The highest BCUT2D eigenvalue weighted by Crippen LogP contribution is 2.62. The minimum absolute atomic E-state index is 0.0858. The summed E-state index contributed by atoms with van der Waals surface area (Å²) >= 11 is 6.18. The third-order valence-corrected chi connectivity index (χ3v) is 9.86. The number of rotatable bonds is 13. The van der Waals surface area contributed by atoms with E-state index in [0.29, 0.717) is 21.9 Å². The lowest BCUT2D eigenvalue weighted by Gasteiger charge is -2.30. The van der Waals surface area contributed by atoms with Gasteiger partial charge in [0.15, 0.2) is 5.82 Å². The number of aryl methyl sites for hydroxylation is 2. The Morgan fingerprint density at radius 2 is 1.81 bits per heavy atom. The maximum Gasteiger partial charge on any atom is 0.433 e. The minimum Gasteiger partial charge on any atom is -0.348 e. The van der Waals surface area contributed by atoms with E-state index in [-0.39, 0.29) is 41.5 Å². The first kappa shape index (κ1) is 38.6. The number of aromatic nitrogens is 7. The molecule has 0 radical (unpaired) electrons. The van der Waals surface area contributed by atoms with Crippen LogP contribution in [0, 0.1) is 11.2 Å². The summed E-state index contributed by atoms with van der Waals surface area (Å²) in [7, 11) is 3.04. The first-order valence-corrected chi connectivity index (χ1v) is 17.3. The van der Waals surface area contributed by atoms with E-state index in [4.69, 9.17) is 11.6 Å². The quantitative estimate of drug-likeness (QED) is 0.123. The Kier molecular flexibility index (Phi) is 10.2. The predicted octanol–water partition coefficient (Wildman–Crippen LogP) is 5.31. The molecule has 6 rings (SSSR count). The van der Waals surface area contributed by atoms with Gasteiger partial charge in [-0.05, 0) is 61.9 Å². The van der Waals surface area contributed by atoms with Crippen LogP contribution in [0.25, 0.3) is 22.2 Å². The molecule has 3 atom stereocenters. The van der Waals surface area contributed by atoms with Crippen LogP contribution in [0.4, 0.5) is 26.3 Å². The smallest absolute Gasteiger partial charge is 0.348 e. The Morgan fingerprint density at radius 1 is 1.07 bits per heavy atom. The van der Waals surface area contributed by atoms with Crippen LogP contribution in [-0.2, 0) is 42.8 Å². The molecule has 0 spiro atoms. The van der Waals surface area contributed by atoms with Gasteiger partial charge < -0.3 is 15.2 Å². The monoisotopic (exact) mass is 779 g/mol. The molecular formula is C35H36ClF6N9O3. The first-order chi connectivity index (χ1) is 25.3. The van der Waals surface area contributed by atoms with E-state index < -0.39 is 65.2 Å². The van der Waals surface area contributed by atoms with E-state index in [9.17, 15) is 40.7 Å². The zero-order valence-electron chi connectivity index (χ0n) is 29.5. The zero-order valence-corrected chi connectivity index (χ0v) is 30.2. The van der Waals surface area contributed by atoms with Crippen molar-refractivity contribution >= 4 is 34.3 Å². The molecule has 1 aromatic carbocycles. The lowest BCUT2D eigenvalue weighted by Crippen LogP contribution is -2.56. The van der Waals surface area contributed by atoms with Gasteiger partial charge in [-0.1, -0.05) is 12.1 Å². The maximum absolute atomic E-state index is 14.2. The summed E-state index contributed by atoms with van der Waals surface area (Å²) in [5, 5.41) is 18.3.